The van der Waals surface area contributed by atoms with Crippen molar-refractivity contribution in [3.05, 3.63) is 47.0 Å². The number of aliphatic hydroxyl groups excluding tert-OH is 1. The zero-order chi connectivity index (χ0) is 12.5. The zero-order valence-electron chi connectivity index (χ0n) is 9.17. The minimum Gasteiger partial charge on any atom is -0.384 e. The first-order chi connectivity index (χ1) is 8.00. The maximum atomic E-state index is 12.8. The van der Waals surface area contributed by atoms with Gasteiger partial charge in [0.1, 0.15) is 6.10 Å². The number of alkyl halides is 3. The number of hydrogen-bond donors (Lipinski definition) is 1. The van der Waals surface area contributed by atoms with Gasteiger partial charge in [0.2, 0.25) is 0 Å². The summed E-state index contributed by atoms with van der Waals surface area (Å²) >= 11 is 0. The molecular formula is C13H13F3O. The van der Waals surface area contributed by atoms with E-state index in [1.807, 2.05) is 6.08 Å². The van der Waals surface area contributed by atoms with E-state index in [9.17, 15) is 18.3 Å². The highest BCUT2D eigenvalue weighted by Crippen LogP contribution is 2.38. The van der Waals surface area contributed by atoms with Gasteiger partial charge in [0.15, 0.2) is 0 Å². The molecule has 1 nitrogen and oxygen atoms in total. The van der Waals surface area contributed by atoms with Crippen molar-refractivity contribution in [2.75, 3.05) is 0 Å². The van der Waals surface area contributed by atoms with Crippen molar-refractivity contribution < 1.29 is 18.3 Å². The second-order valence-corrected chi connectivity index (χ2v) is 4.16. The van der Waals surface area contributed by atoms with E-state index < -0.39 is 17.8 Å². The van der Waals surface area contributed by atoms with Crippen LogP contribution in [-0.2, 0) is 6.18 Å². The molecule has 0 radical (unpaired) electrons. The molecule has 92 valence electrons. The van der Waals surface area contributed by atoms with Crippen LogP contribution >= 0.6 is 0 Å². The lowest BCUT2D eigenvalue weighted by molar-refractivity contribution is -0.139. The van der Waals surface area contributed by atoms with Crippen LogP contribution in [-0.4, -0.2) is 5.11 Å². The molecule has 1 aliphatic carbocycles. The van der Waals surface area contributed by atoms with Crippen LogP contribution in [0.3, 0.4) is 0 Å². The topological polar surface area (TPSA) is 20.2 Å². The van der Waals surface area contributed by atoms with Gasteiger partial charge in [-0.1, -0.05) is 24.3 Å². The van der Waals surface area contributed by atoms with Crippen molar-refractivity contribution in [1.29, 1.82) is 0 Å². The summed E-state index contributed by atoms with van der Waals surface area (Å²) in [6.45, 7) is 0. The van der Waals surface area contributed by atoms with Gasteiger partial charge >= 0.3 is 6.18 Å². The van der Waals surface area contributed by atoms with Crippen LogP contribution in [0.25, 0.3) is 0 Å². The van der Waals surface area contributed by atoms with Gasteiger partial charge in [0.05, 0.1) is 5.56 Å². The highest BCUT2D eigenvalue weighted by Gasteiger charge is 2.35. The lowest BCUT2D eigenvalue weighted by atomic mass is 9.96. The molecular weight excluding hydrogens is 229 g/mol. The Kier molecular flexibility index (Phi) is 3.24. The van der Waals surface area contributed by atoms with E-state index in [0.29, 0.717) is 12.0 Å². The van der Waals surface area contributed by atoms with Crippen molar-refractivity contribution in [2.45, 2.75) is 31.5 Å². The molecule has 4 heteroatoms. The Morgan fingerprint density at radius 1 is 1.18 bits per heavy atom. The van der Waals surface area contributed by atoms with Gasteiger partial charge in [-0.3, -0.25) is 0 Å². The van der Waals surface area contributed by atoms with Gasteiger partial charge in [0, 0.05) is 0 Å². The average Bonchev–Trinajstić information content (AvgIpc) is 2.80. The van der Waals surface area contributed by atoms with Crippen molar-refractivity contribution in [3.63, 3.8) is 0 Å². The minimum absolute atomic E-state index is 0.0480. The standard InChI is InChI=1S/C13H13F3O/c14-13(15,16)11-8-4-3-7-10(11)12(17)9-5-1-2-6-9/h3-5,7-8,12,17H,1-2,6H2. The maximum absolute atomic E-state index is 12.8. The van der Waals surface area contributed by atoms with Crippen molar-refractivity contribution in [2.24, 2.45) is 0 Å². The lowest BCUT2D eigenvalue weighted by Gasteiger charge is -2.18. The molecule has 0 heterocycles. The Morgan fingerprint density at radius 2 is 1.88 bits per heavy atom. The molecule has 2 rings (SSSR count). The molecule has 0 saturated heterocycles. The van der Waals surface area contributed by atoms with Gasteiger partial charge in [-0.2, -0.15) is 13.2 Å². The quantitative estimate of drug-likeness (QED) is 0.781. The Labute approximate surface area is 97.6 Å². The van der Waals surface area contributed by atoms with Crippen LogP contribution in [0.1, 0.15) is 36.5 Å². The Morgan fingerprint density at radius 3 is 2.47 bits per heavy atom. The van der Waals surface area contributed by atoms with Gasteiger partial charge in [-0.25, -0.2) is 0 Å². The molecule has 1 aliphatic rings. The molecule has 0 saturated carbocycles. The second-order valence-electron chi connectivity index (χ2n) is 4.16. The van der Waals surface area contributed by atoms with Crippen molar-refractivity contribution in [3.8, 4) is 0 Å². The molecule has 0 amide bonds. The highest BCUT2D eigenvalue weighted by atomic mass is 19.4. The summed E-state index contributed by atoms with van der Waals surface area (Å²) in [5.74, 6) is 0. The predicted molar refractivity (Wildman–Crippen MR) is 58.3 cm³/mol. The summed E-state index contributed by atoms with van der Waals surface area (Å²) in [7, 11) is 0. The third-order valence-electron chi connectivity index (χ3n) is 2.99. The summed E-state index contributed by atoms with van der Waals surface area (Å²) in [5.41, 5.74) is -0.102. The van der Waals surface area contributed by atoms with E-state index in [0.717, 1.165) is 18.9 Å². The summed E-state index contributed by atoms with van der Waals surface area (Å²) in [4.78, 5) is 0. The number of hydrogen-bond acceptors (Lipinski definition) is 1. The number of halogens is 3. The summed E-state index contributed by atoms with van der Waals surface area (Å²) in [5, 5.41) is 10.00. The van der Waals surface area contributed by atoms with Gasteiger partial charge in [0.25, 0.3) is 0 Å². The van der Waals surface area contributed by atoms with Crippen LogP contribution in [0, 0.1) is 0 Å². The summed E-state index contributed by atoms with van der Waals surface area (Å²) < 4.78 is 38.3. The van der Waals surface area contributed by atoms with E-state index in [4.69, 9.17) is 0 Å². The average molecular weight is 242 g/mol. The van der Waals surface area contributed by atoms with E-state index in [1.54, 1.807) is 0 Å². The summed E-state index contributed by atoms with van der Waals surface area (Å²) in [6, 6.07) is 5.20. The molecule has 1 N–H and O–H groups in total. The zero-order valence-corrected chi connectivity index (χ0v) is 9.17. The number of rotatable bonds is 2. The minimum atomic E-state index is -4.42. The maximum Gasteiger partial charge on any atom is 0.416 e. The van der Waals surface area contributed by atoms with Crippen LogP contribution in [0.4, 0.5) is 13.2 Å². The van der Waals surface area contributed by atoms with Gasteiger partial charge in [-0.05, 0) is 36.5 Å². The van der Waals surface area contributed by atoms with Crippen LogP contribution in [0.2, 0.25) is 0 Å². The Hall–Kier alpha value is -1.29. The molecule has 0 bridgehead atoms. The first-order valence-electron chi connectivity index (χ1n) is 5.53. The van der Waals surface area contributed by atoms with E-state index in [-0.39, 0.29) is 5.56 Å². The first kappa shape index (κ1) is 12.2. The third-order valence-corrected chi connectivity index (χ3v) is 2.99. The van der Waals surface area contributed by atoms with Crippen molar-refractivity contribution >= 4 is 0 Å². The van der Waals surface area contributed by atoms with E-state index in [1.165, 1.54) is 18.2 Å². The fraction of sp³-hybridized carbons (Fsp3) is 0.385. The van der Waals surface area contributed by atoms with Crippen LogP contribution in [0.5, 0.6) is 0 Å². The third kappa shape index (κ3) is 2.52. The highest BCUT2D eigenvalue weighted by molar-refractivity contribution is 5.36. The molecule has 1 aromatic carbocycles. The first-order valence-corrected chi connectivity index (χ1v) is 5.53. The number of benzene rings is 1. The second kappa shape index (κ2) is 4.53. The number of aliphatic hydroxyl groups is 1. The molecule has 0 spiro atoms. The fourth-order valence-electron chi connectivity index (χ4n) is 2.14. The summed E-state index contributed by atoms with van der Waals surface area (Å²) in [6.07, 6.45) is -1.31. The number of allylic oxidation sites excluding steroid dienone is 1. The molecule has 1 unspecified atom stereocenters. The Bertz CT molecular complexity index is 435. The molecule has 1 atom stereocenters. The smallest absolute Gasteiger partial charge is 0.384 e. The van der Waals surface area contributed by atoms with E-state index >= 15 is 0 Å². The van der Waals surface area contributed by atoms with Crippen LogP contribution in [0.15, 0.2) is 35.9 Å². The van der Waals surface area contributed by atoms with Crippen LogP contribution < -0.4 is 0 Å². The fourth-order valence-corrected chi connectivity index (χ4v) is 2.14. The SMILES string of the molecule is OC(C1=CCCC1)c1ccccc1C(F)(F)F. The Balaban J connectivity index is 2.38. The monoisotopic (exact) mass is 242 g/mol. The van der Waals surface area contributed by atoms with Gasteiger partial charge in [-0.15, -0.1) is 0 Å². The van der Waals surface area contributed by atoms with Gasteiger partial charge < -0.3 is 5.11 Å². The largest absolute Gasteiger partial charge is 0.416 e. The molecule has 1 aromatic rings. The lowest BCUT2D eigenvalue weighted by Crippen LogP contribution is -2.12. The van der Waals surface area contributed by atoms with E-state index in [2.05, 4.69) is 0 Å². The predicted octanol–water partition coefficient (Wildman–Crippen LogP) is 3.85. The molecule has 17 heavy (non-hydrogen) atoms. The van der Waals surface area contributed by atoms with Crippen molar-refractivity contribution in [1.82, 2.24) is 0 Å². The molecule has 0 aliphatic heterocycles. The molecule has 0 fully saturated rings. The normalized spacial score (nSPS) is 18.0. The molecule has 0 aromatic heterocycles.